The van der Waals surface area contributed by atoms with Crippen LogP contribution in [0.5, 0.6) is 0 Å². The second-order valence-corrected chi connectivity index (χ2v) is 4.27. The van der Waals surface area contributed by atoms with E-state index in [1.807, 2.05) is 0 Å². The lowest BCUT2D eigenvalue weighted by Gasteiger charge is -2.24. The Labute approximate surface area is 88.0 Å². The summed E-state index contributed by atoms with van der Waals surface area (Å²) in [5, 5.41) is 8.83. The number of nitrogens with two attached hydrogens (primary N) is 1. The van der Waals surface area contributed by atoms with Crippen LogP contribution in [-0.2, 0) is 0 Å². The molecule has 6 heteroatoms. The molecule has 15 heavy (non-hydrogen) atoms. The summed E-state index contributed by atoms with van der Waals surface area (Å²) in [5.74, 6) is 0. The lowest BCUT2D eigenvalue weighted by atomic mass is 9.98. The van der Waals surface area contributed by atoms with Crippen molar-refractivity contribution in [1.29, 1.82) is 0 Å². The van der Waals surface area contributed by atoms with Crippen LogP contribution in [-0.4, -0.2) is 48.5 Å². The molecule has 0 aliphatic carbocycles. The third-order valence-corrected chi connectivity index (χ3v) is 2.10. The van der Waals surface area contributed by atoms with Gasteiger partial charge in [-0.25, -0.2) is 0 Å². The van der Waals surface area contributed by atoms with E-state index in [9.17, 15) is 13.2 Å². The molecule has 0 saturated carbocycles. The first-order valence-corrected chi connectivity index (χ1v) is 4.81. The second kappa shape index (κ2) is 5.67. The van der Waals surface area contributed by atoms with Crippen molar-refractivity contribution in [2.24, 2.45) is 5.73 Å². The molecule has 0 radical (unpaired) electrons. The van der Waals surface area contributed by atoms with Crippen molar-refractivity contribution in [2.45, 2.75) is 31.5 Å². The maximum absolute atomic E-state index is 11.9. The standard InChI is InChI=1S/C9H19F3N2O/c1-8(13,7-15)4-3-5-14(2)6-9(10,11)12/h15H,3-7,13H2,1-2H3. The Morgan fingerprint density at radius 2 is 1.87 bits per heavy atom. The van der Waals surface area contributed by atoms with Gasteiger partial charge in [0.2, 0.25) is 0 Å². The smallest absolute Gasteiger partial charge is 0.394 e. The molecule has 1 atom stereocenters. The molecule has 1 unspecified atom stereocenters. The van der Waals surface area contributed by atoms with Gasteiger partial charge in [0.1, 0.15) is 0 Å². The summed E-state index contributed by atoms with van der Waals surface area (Å²) in [5.41, 5.74) is 4.94. The summed E-state index contributed by atoms with van der Waals surface area (Å²) in [6, 6.07) is 0. The van der Waals surface area contributed by atoms with Crippen molar-refractivity contribution < 1.29 is 18.3 Å². The third kappa shape index (κ3) is 8.65. The van der Waals surface area contributed by atoms with E-state index in [0.717, 1.165) is 0 Å². The SMILES string of the molecule is CN(CCCC(C)(N)CO)CC(F)(F)F. The molecule has 0 saturated heterocycles. The van der Waals surface area contributed by atoms with Gasteiger partial charge in [0.05, 0.1) is 13.2 Å². The fourth-order valence-electron chi connectivity index (χ4n) is 1.22. The molecule has 0 aromatic carbocycles. The molecule has 3 N–H and O–H groups in total. The van der Waals surface area contributed by atoms with Gasteiger partial charge in [0, 0.05) is 5.54 Å². The van der Waals surface area contributed by atoms with Gasteiger partial charge >= 0.3 is 6.18 Å². The monoisotopic (exact) mass is 228 g/mol. The number of alkyl halides is 3. The summed E-state index contributed by atoms with van der Waals surface area (Å²) < 4.78 is 35.8. The number of halogens is 3. The van der Waals surface area contributed by atoms with Crippen LogP contribution in [0, 0.1) is 0 Å². The maximum Gasteiger partial charge on any atom is 0.401 e. The summed E-state index contributed by atoms with van der Waals surface area (Å²) >= 11 is 0. The van der Waals surface area contributed by atoms with Crippen molar-refractivity contribution in [3.8, 4) is 0 Å². The van der Waals surface area contributed by atoms with E-state index in [0.29, 0.717) is 19.4 Å². The molecule has 0 fully saturated rings. The Morgan fingerprint density at radius 3 is 2.27 bits per heavy atom. The average Bonchev–Trinajstić information content (AvgIpc) is 2.00. The number of rotatable bonds is 6. The van der Waals surface area contributed by atoms with Crippen LogP contribution in [0.1, 0.15) is 19.8 Å². The minimum atomic E-state index is -4.16. The fourth-order valence-corrected chi connectivity index (χ4v) is 1.22. The summed E-state index contributed by atoms with van der Waals surface area (Å²) in [6.07, 6.45) is -3.11. The van der Waals surface area contributed by atoms with Gasteiger partial charge in [0.15, 0.2) is 0 Å². The molecule has 0 amide bonds. The van der Waals surface area contributed by atoms with Gasteiger partial charge in [0.25, 0.3) is 0 Å². The van der Waals surface area contributed by atoms with E-state index in [-0.39, 0.29) is 6.61 Å². The van der Waals surface area contributed by atoms with Gasteiger partial charge in [-0.3, -0.25) is 4.90 Å². The van der Waals surface area contributed by atoms with Crippen molar-refractivity contribution >= 4 is 0 Å². The van der Waals surface area contributed by atoms with E-state index >= 15 is 0 Å². The molecule has 0 aliphatic rings. The quantitative estimate of drug-likeness (QED) is 0.712. The topological polar surface area (TPSA) is 49.5 Å². The summed E-state index contributed by atoms with van der Waals surface area (Å²) in [4.78, 5) is 1.20. The number of aliphatic hydroxyl groups excluding tert-OH is 1. The van der Waals surface area contributed by atoms with Gasteiger partial charge < -0.3 is 10.8 Å². The number of aliphatic hydroxyl groups is 1. The molecule has 0 aromatic rings. The minimum absolute atomic E-state index is 0.157. The van der Waals surface area contributed by atoms with Crippen LogP contribution < -0.4 is 5.73 Å². The molecule has 0 aromatic heterocycles. The Hall–Kier alpha value is -0.330. The van der Waals surface area contributed by atoms with Crippen LogP contribution in [0.2, 0.25) is 0 Å². The van der Waals surface area contributed by atoms with Crippen molar-refractivity contribution in [1.82, 2.24) is 4.90 Å². The Balaban J connectivity index is 3.69. The number of hydrogen-bond donors (Lipinski definition) is 2. The van der Waals surface area contributed by atoms with Crippen LogP contribution in [0.3, 0.4) is 0 Å². The lowest BCUT2D eigenvalue weighted by molar-refractivity contribution is -0.143. The summed E-state index contributed by atoms with van der Waals surface area (Å²) in [7, 11) is 1.42. The Kier molecular flexibility index (Phi) is 5.55. The van der Waals surface area contributed by atoms with Gasteiger partial charge in [-0.05, 0) is 33.4 Å². The highest BCUT2D eigenvalue weighted by molar-refractivity contribution is 4.77. The molecule has 0 rings (SSSR count). The zero-order valence-electron chi connectivity index (χ0n) is 9.14. The van der Waals surface area contributed by atoms with Gasteiger partial charge in [-0.2, -0.15) is 13.2 Å². The van der Waals surface area contributed by atoms with E-state index in [4.69, 9.17) is 10.8 Å². The number of nitrogens with zero attached hydrogens (tertiary/aromatic N) is 1. The fraction of sp³-hybridized carbons (Fsp3) is 1.00. The Bertz CT molecular complexity index is 183. The van der Waals surface area contributed by atoms with E-state index in [2.05, 4.69) is 0 Å². The van der Waals surface area contributed by atoms with Gasteiger partial charge in [-0.1, -0.05) is 0 Å². The van der Waals surface area contributed by atoms with Crippen molar-refractivity contribution in [3.05, 3.63) is 0 Å². The summed E-state index contributed by atoms with van der Waals surface area (Å²) in [6.45, 7) is 0.937. The van der Waals surface area contributed by atoms with E-state index < -0.39 is 18.3 Å². The molecule has 0 spiro atoms. The molecular weight excluding hydrogens is 209 g/mol. The van der Waals surface area contributed by atoms with Crippen molar-refractivity contribution in [3.63, 3.8) is 0 Å². The minimum Gasteiger partial charge on any atom is -0.394 e. The Morgan fingerprint density at radius 1 is 1.33 bits per heavy atom. The normalized spacial score (nSPS) is 16.8. The first kappa shape index (κ1) is 14.7. The predicted octanol–water partition coefficient (Wildman–Crippen LogP) is 0.970. The van der Waals surface area contributed by atoms with Crippen LogP contribution in [0.4, 0.5) is 13.2 Å². The average molecular weight is 228 g/mol. The van der Waals surface area contributed by atoms with Crippen LogP contribution in [0.15, 0.2) is 0 Å². The first-order chi connectivity index (χ1) is 6.66. The largest absolute Gasteiger partial charge is 0.401 e. The second-order valence-electron chi connectivity index (χ2n) is 4.27. The van der Waals surface area contributed by atoms with Gasteiger partial charge in [-0.15, -0.1) is 0 Å². The highest BCUT2D eigenvalue weighted by Gasteiger charge is 2.29. The van der Waals surface area contributed by atoms with E-state index in [1.165, 1.54) is 11.9 Å². The number of hydrogen-bond acceptors (Lipinski definition) is 3. The third-order valence-electron chi connectivity index (χ3n) is 2.10. The predicted molar refractivity (Wildman–Crippen MR) is 52.5 cm³/mol. The lowest BCUT2D eigenvalue weighted by Crippen LogP contribution is -2.41. The maximum atomic E-state index is 11.9. The van der Waals surface area contributed by atoms with E-state index in [1.54, 1.807) is 6.92 Å². The molecular formula is C9H19F3N2O. The molecule has 0 heterocycles. The van der Waals surface area contributed by atoms with Crippen LogP contribution in [0.25, 0.3) is 0 Å². The molecule has 92 valence electrons. The first-order valence-electron chi connectivity index (χ1n) is 4.81. The van der Waals surface area contributed by atoms with Crippen molar-refractivity contribution in [2.75, 3.05) is 26.7 Å². The molecule has 3 nitrogen and oxygen atoms in total. The zero-order chi connectivity index (χ0) is 12.1. The van der Waals surface area contributed by atoms with Crippen LogP contribution >= 0.6 is 0 Å². The zero-order valence-corrected chi connectivity index (χ0v) is 9.14. The molecule has 0 bridgehead atoms. The highest BCUT2D eigenvalue weighted by Crippen LogP contribution is 2.16. The highest BCUT2D eigenvalue weighted by atomic mass is 19.4. The molecule has 0 aliphatic heterocycles.